The Morgan fingerprint density at radius 1 is 1.00 bits per heavy atom. The zero-order valence-electron chi connectivity index (χ0n) is 19.1. The van der Waals surface area contributed by atoms with E-state index in [1.54, 1.807) is 12.1 Å². The van der Waals surface area contributed by atoms with Gasteiger partial charge in [-0.2, -0.15) is 0 Å². The van der Waals surface area contributed by atoms with Gasteiger partial charge in [0.25, 0.3) is 0 Å². The van der Waals surface area contributed by atoms with E-state index in [1.165, 1.54) is 24.4 Å². The summed E-state index contributed by atoms with van der Waals surface area (Å²) in [4.78, 5) is 3.98. The van der Waals surface area contributed by atoms with E-state index in [4.69, 9.17) is 11.6 Å². The van der Waals surface area contributed by atoms with E-state index in [-0.39, 0.29) is 33.6 Å². The van der Waals surface area contributed by atoms with Crippen LogP contribution in [0.15, 0.2) is 59.6 Å². The smallest absolute Gasteiger partial charge is 0.189 e. The van der Waals surface area contributed by atoms with Crippen LogP contribution in [0.5, 0.6) is 0 Å². The Kier molecular flexibility index (Phi) is 8.50. The summed E-state index contributed by atoms with van der Waals surface area (Å²) < 4.78 is 79.5. The quantitative estimate of drug-likeness (QED) is 0.388. The molecule has 1 N–H and O–H groups in total. The molecule has 0 fully saturated rings. The topological polar surface area (TPSA) is 93.2 Å². The molecule has 0 spiro atoms. The number of hydrogen-bond donors (Lipinski definition) is 1. The van der Waals surface area contributed by atoms with Crippen molar-refractivity contribution in [1.29, 1.82) is 0 Å². The number of nitrogens with one attached hydrogen (secondary N) is 1. The molecule has 0 aliphatic heterocycles. The zero-order chi connectivity index (χ0) is 25.8. The highest BCUT2D eigenvalue weighted by atomic mass is 35.5. The Hall–Kier alpha value is -2.56. The van der Waals surface area contributed by atoms with Crippen molar-refractivity contribution in [2.24, 2.45) is 0 Å². The average Bonchev–Trinajstić information content (AvgIpc) is 2.78. The van der Waals surface area contributed by atoms with E-state index >= 15 is 0 Å². The number of aryl methyl sites for hydroxylation is 1. The third kappa shape index (κ3) is 6.77. The van der Waals surface area contributed by atoms with Gasteiger partial charge in [0.2, 0.25) is 0 Å². The van der Waals surface area contributed by atoms with Gasteiger partial charge in [-0.3, -0.25) is 0 Å². The molecule has 11 heteroatoms. The standard InChI is InChI=1S/C24H25ClF2N2O4S2/c1-3-4-16-5-8-18(9-6-16)35(32,33)24(20-13-17(26)7-10-22(20)27)19-14-23(29-15-21(19)25)28-11-12-34(2,30)31/h5-10,13-15,24H,3-4,11-12H2,1-2H3,(H,28,29). The molecular formula is C24H25ClF2N2O4S2. The number of anilines is 1. The van der Waals surface area contributed by atoms with Gasteiger partial charge >= 0.3 is 0 Å². The first kappa shape index (κ1) is 27.0. The van der Waals surface area contributed by atoms with Crippen LogP contribution in [-0.4, -0.2) is 40.4 Å². The van der Waals surface area contributed by atoms with Crippen molar-refractivity contribution in [3.8, 4) is 0 Å². The van der Waals surface area contributed by atoms with Gasteiger partial charge in [0.15, 0.2) is 9.84 Å². The van der Waals surface area contributed by atoms with Crippen molar-refractivity contribution < 1.29 is 25.6 Å². The van der Waals surface area contributed by atoms with Crippen LogP contribution in [0.4, 0.5) is 14.6 Å². The minimum absolute atomic E-state index is 0.0114. The summed E-state index contributed by atoms with van der Waals surface area (Å²) in [7, 11) is -7.56. The fourth-order valence-corrected chi connectivity index (χ4v) is 6.19. The van der Waals surface area contributed by atoms with Crippen molar-refractivity contribution >= 4 is 37.1 Å². The predicted molar refractivity (Wildman–Crippen MR) is 133 cm³/mol. The molecule has 0 amide bonds. The Balaban J connectivity index is 2.14. The molecule has 1 heterocycles. The summed E-state index contributed by atoms with van der Waals surface area (Å²) in [6, 6.07) is 10.1. The van der Waals surface area contributed by atoms with E-state index in [9.17, 15) is 25.6 Å². The van der Waals surface area contributed by atoms with E-state index in [1.807, 2.05) is 6.92 Å². The second kappa shape index (κ2) is 11.0. The lowest BCUT2D eigenvalue weighted by molar-refractivity contribution is 0.569. The van der Waals surface area contributed by atoms with E-state index in [0.717, 1.165) is 42.9 Å². The second-order valence-corrected chi connectivity index (χ2v) is 12.8. The Bertz CT molecular complexity index is 1410. The fourth-order valence-electron chi connectivity index (χ4n) is 3.60. The first-order valence-corrected chi connectivity index (χ1v) is 14.8. The normalized spacial score (nSPS) is 12.9. The van der Waals surface area contributed by atoms with Gasteiger partial charge in [0.1, 0.15) is 32.5 Å². The minimum atomic E-state index is -4.30. The Morgan fingerprint density at radius 2 is 1.69 bits per heavy atom. The van der Waals surface area contributed by atoms with Crippen LogP contribution in [0.2, 0.25) is 5.02 Å². The molecule has 0 aliphatic rings. The fraction of sp³-hybridized carbons (Fsp3) is 0.292. The van der Waals surface area contributed by atoms with E-state index in [2.05, 4.69) is 10.3 Å². The van der Waals surface area contributed by atoms with Crippen molar-refractivity contribution in [2.75, 3.05) is 23.9 Å². The molecule has 0 radical (unpaired) electrons. The average molecular weight is 543 g/mol. The molecule has 0 saturated heterocycles. The third-order valence-corrected chi connectivity index (χ3v) is 8.61. The molecule has 0 aliphatic carbocycles. The van der Waals surface area contributed by atoms with Crippen LogP contribution in [0, 0.1) is 11.6 Å². The molecule has 1 aromatic heterocycles. The van der Waals surface area contributed by atoms with Gasteiger partial charge in [-0.15, -0.1) is 0 Å². The SMILES string of the molecule is CCCc1ccc(S(=O)(=O)C(c2cc(F)ccc2F)c2cc(NCCS(C)(=O)=O)ncc2Cl)cc1. The lowest BCUT2D eigenvalue weighted by Gasteiger charge is -2.21. The monoisotopic (exact) mass is 542 g/mol. The summed E-state index contributed by atoms with van der Waals surface area (Å²) in [6.07, 6.45) is 3.91. The maximum atomic E-state index is 14.9. The molecule has 6 nitrogen and oxygen atoms in total. The Morgan fingerprint density at radius 3 is 2.31 bits per heavy atom. The lowest BCUT2D eigenvalue weighted by atomic mass is 10.0. The molecule has 0 bridgehead atoms. The molecular weight excluding hydrogens is 518 g/mol. The number of aromatic nitrogens is 1. The third-order valence-electron chi connectivity index (χ3n) is 5.29. The van der Waals surface area contributed by atoms with Crippen LogP contribution in [0.25, 0.3) is 0 Å². The minimum Gasteiger partial charge on any atom is -0.369 e. The number of sulfone groups is 2. The molecule has 1 unspecified atom stereocenters. The predicted octanol–water partition coefficient (Wildman–Crippen LogP) is 4.99. The maximum Gasteiger partial charge on any atom is 0.189 e. The number of hydrogen-bond acceptors (Lipinski definition) is 6. The molecule has 3 aromatic rings. The van der Waals surface area contributed by atoms with Crippen molar-refractivity contribution in [1.82, 2.24) is 4.98 Å². The first-order valence-electron chi connectivity index (χ1n) is 10.8. The van der Waals surface area contributed by atoms with Crippen LogP contribution in [0.3, 0.4) is 0 Å². The van der Waals surface area contributed by atoms with Crippen molar-refractivity contribution in [3.63, 3.8) is 0 Å². The van der Waals surface area contributed by atoms with Crippen LogP contribution in [0.1, 0.15) is 35.3 Å². The van der Waals surface area contributed by atoms with Gasteiger partial charge in [-0.25, -0.2) is 30.6 Å². The Labute approximate surface area is 209 Å². The molecule has 188 valence electrons. The van der Waals surface area contributed by atoms with E-state index in [0.29, 0.717) is 0 Å². The highest BCUT2D eigenvalue weighted by Crippen LogP contribution is 2.40. The highest BCUT2D eigenvalue weighted by Gasteiger charge is 2.35. The summed E-state index contributed by atoms with van der Waals surface area (Å²) >= 11 is 6.33. The largest absolute Gasteiger partial charge is 0.369 e. The zero-order valence-corrected chi connectivity index (χ0v) is 21.5. The van der Waals surface area contributed by atoms with Gasteiger partial charge in [-0.1, -0.05) is 37.1 Å². The molecule has 35 heavy (non-hydrogen) atoms. The first-order chi connectivity index (χ1) is 16.4. The molecule has 1 atom stereocenters. The van der Waals surface area contributed by atoms with Crippen LogP contribution < -0.4 is 5.32 Å². The second-order valence-electron chi connectivity index (χ2n) is 8.13. The van der Waals surface area contributed by atoms with E-state index < -0.39 is 42.1 Å². The lowest BCUT2D eigenvalue weighted by Crippen LogP contribution is -2.19. The summed E-state index contributed by atoms with van der Waals surface area (Å²) in [5, 5.41) is 1.05. The number of benzene rings is 2. The number of pyridine rings is 1. The van der Waals surface area contributed by atoms with Crippen molar-refractivity contribution in [2.45, 2.75) is 29.9 Å². The van der Waals surface area contributed by atoms with Crippen molar-refractivity contribution in [3.05, 3.63) is 88.1 Å². The van der Waals surface area contributed by atoms with Gasteiger partial charge < -0.3 is 5.32 Å². The molecule has 0 saturated carbocycles. The van der Waals surface area contributed by atoms with Gasteiger partial charge in [0.05, 0.1) is 15.7 Å². The van der Waals surface area contributed by atoms with Crippen LogP contribution >= 0.6 is 11.6 Å². The molecule has 3 rings (SSSR count). The number of nitrogens with zero attached hydrogens (tertiary/aromatic N) is 1. The summed E-state index contributed by atoms with van der Waals surface area (Å²) in [5.74, 6) is -1.77. The van der Waals surface area contributed by atoms with Gasteiger partial charge in [0, 0.05) is 24.6 Å². The number of rotatable bonds is 10. The highest BCUT2D eigenvalue weighted by molar-refractivity contribution is 7.92. The number of halogens is 3. The summed E-state index contributed by atoms with van der Waals surface area (Å²) in [6.45, 7) is 2.01. The molecule has 2 aromatic carbocycles. The van der Waals surface area contributed by atoms with Crippen LogP contribution in [-0.2, 0) is 26.1 Å². The summed E-state index contributed by atoms with van der Waals surface area (Å²) in [5.41, 5.74) is 0.516. The maximum absolute atomic E-state index is 14.9. The van der Waals surface area contributed by atoms with Gasteiger partial charge in [-0.05, 0) is 53.9 Å².